The summed E-state index contributed by atoms with van der Waals surface area (Å²) in [5.74, 6) is 0.532. The molecule has 20 heavy (non-hydrogen) atoms. The maximum atomic E-state index is 12.1. The van der Waals surface area contributed by atoms with E-state index in [1.54, 1.807) is 12.1 Å². The zero-order valence-corrected chi connectivity index (χ0v) is 13.5. The minimum Gasteiger partial charge on any atom is -0.322 e. The van der Waals surface area contributed by atoms with Gasteiger partial charge in [-0.15, -0.1) is 0 Å². The number of amides is 1. The van der Waals surface area contributed by atoms with Crippen LogP contribution in [0.2, 0.25) is 15.1 Å². The predicted molar refractivity (Wildman–Crippen MR) is 84.9 cm³/mol. The number of piperidine rings is 1. The van der Waals surface area contributed by atoms with Crippen LogP contribution in [0.4, 0.5) is 5.69 Å². The first-order valence-electron chi connectivity index (χ1n) is 6.62. The van der Waals surface area contributed by atoms with Crippen molar-refractivity contribution in [3.63, 3.8) is 0 Å². The fourth-order valence-electron chi connectivity index (χ4n) is 2.47. The van der Waals surface area contributed by atoms with Gasteiger partial charge in [-0.05, 0) is 37.4 Å². The number of nitrogens with one attached hydrogen (secondary N) is 1. The van der Waals surface area contributed by atoms with Gasteiger partial charge in [0.05, 0.1) is 22.3 Å². The van der Waals surface area contributed by atoms with Gasteiger partial charge in [-0.2, -0.15) is 0 Å². The summed E-state index contributed by atoms with van der Waals surface area (Å²) in [6.07, 6.45) is 2.36. The predicted octanol–water partition coefficient (Wildman–Crippen LogP) is 4.32. The molecular weight excluding hydrogens is 319 g/mol. The minimum atomic E-state index is -0.106. The van der Waals surface area contributed by atoms with Crippen LogP contribution in [0.5, 0.6) is 0 Å². The molecule has 1 aromatic rings. The second kappa shape index (κ2) is 6.99. The number of nitrogens with zero attached hydrogens (tertiary/aromatic N) is 1. The molecule has 1 amide bonds. The molecule has 6 heteroatoms. The van der Waals surface area contributed by atoms with E-state index in [1.807, 2.05) is 0 Å². The summed E-state index contributed by atoms with van der Waals surface area (Å²) in [4.78, 5) is 14.2. The molecular formula is C14H17Cl3N2O. The Kier molecular flexibility index (Phi) is 5.56. The van der Waals surface area contributed by atoms with Crippen LogP contribution in [-0.4, -0.2) is 30.4 Å². The molecule has 0 saturated carbocycles. The van der Waals surface area contributed by atoms with Gasteiger partial charge >= 0.3 is 0 Å². The van der Waals surface area contributed by atoms with E-state index in [9.17, 15) is 4.79 Å². The largest absolute Gasteiger partial charge is 0.322 e. The summed E-state index contributed by atoms with van der Waals surface area (Å²) in [7, 11) is 0. The van der Waals surface area contributed by atoms with Crippen LogP contribution in [0.25, 0.3) is 0 Å². The van der Waals surface area contributed by atoms with Crippen LogP contribution in [0.3, 0.4) is 0 Å². The van der Waals surface area contributed by atoms with Gasteiger partial charge in [-0.1, -0.05) is 41.7 Å². The quantitative estimate of drug-likeness (QED) is 0.892. The number of benzene rings is 1. The van der Waals surface area contributed by atoms with Crippen LogP contribution < -0.4 is 5.32 Å². The first-order chi connectivity index (χ1) is 9.45. The Morgan fingerprint density at radius 1 is 1.35 bits per heavy atom. The van der Waals surface area contributed by atoms with E-state index >= 15 is 0 Å². The molecule has 1 fully saturated rings. The number of halogens is 3. The maximum absolute atomic E-state index is 12.1. The fourth-order valence-corrected chi connectivity index (χ4v) is 3.39. The third-order valence-electron chi connectivity index (χ3n) is 3.38. The van der Waals surface area contributed by atoms with Gasteiger partial charge in [0, 0.05) is 11.6 Å². The Hall–Kier alpha value is -0.480. The molecule has 1 N–H and O–H groups in total. The number of hydrogen-bond donors (Lipinski definition) is 1. The van der Waals surface area contributed by atoms with Gasteiger partial charge in [0.15, 0.2) is 0 Å². The van der Waals surface area contributed by atoms with Crippen molar-refractivity contribution < 1.29 is 4.79 Å². The zero-order valence-electron chi connectivity index (χ0n) is 11.3. The van der Waals surface area contributed by atoms with Crippen LogP contribution in [0.1, 0.15) is 19.8 Å². The monoisotopic (exact) mass is 334 g/mol. The molecule has 3 nitrogen and oxygen atoms in total. The van der Waals surface area contributed by atoms with Crippen molar-refractivity contribution in [2.45, 2.75) is 19.8 Å². The molecule has 0 spiro atoms. The highest BCUT2D eigenvalue weighted by Crippen LogP contribution is 2.33. The lowest BCUT2D eigenvalue weighted by atomic mass is 10.0. The molecule has 1 aromatic carbocycles. The van der Waals surface area contributed by atoms with E-state index < -0.39 is 0 Å². The van der Waals surface area contributed by atoms with E-state index in [2.05, 4.69) is 17.1 Å². The summed E-state index contributed by atoms with van der Waals surface area (Å²) in [6, 6.07) is 3.13. The topological polar surface area (TPSA) is 32.3 Å². The third kappa shape index (κ3) is 4.26. The highest BCUT2D eigenvalue weighted by atomic mass is 35.5. The van der Waals surface area contributed by atoms with E-state index in [0.29, 0.717) is 33.2 Å². The SMILES string of the molecule is CC1CCCN(CC(=O)Nc2c(Cl)cc(Cl)cc2Cl)C1. The lowest BCUT2D eigenvalue weighted by Crippen LogP contribution is -2.39. The summed E-state index contributed by atoms with van der Waals surface area (Å²) >= 11 is 17.9. The van der Waals surface area contributed by atoms with Crippen LogP contribution in [0.15, 0.2) is 12.1 Å². The van der Waals surface area contributed by atoms with Crippen molar-refractivity contribution >= 4 is 46.4 Å². The van der Waals surface area contributed by atoms with E-state index in [1.165, 1.54) is 6.42 Å². The highest BCUT2D eigenvalue weighted by molar-refractivity contribution is 6.42. The zero-order chi connectivity index (χ0) is 14.7. The van der Waals surface area contributed by atoms with Crippen molar-refractivity contribution in [1.29, 1.82) is 0 Å². The summed E-state index contributed by atoms with van der Waals surface area (Å²) in [6.45, 7) is 4.48. The average molecular weight is 336 g/mol. The average Bonchev–Trinajstić information content (AvgIpc) is 2.33. The summed E-state index contributed by atoms with van der Waals surface area (Å²) in [5.41, 5.74) is 0.424. The van der Waals surface area contributed by atoms with Crippen molar-refractivity contribution in [2.24, 2.45) is 5.92 Å². The Morgan fingerprint density at radius 3 is 2.60 bits per heavy atom. The highest BCUT2D eigenvalue weighted by Gasteiger charge is 2.19. The molecule has 110 valence electrons. The third-order valence-corrected chi connectivity index (χ3v) is 4.19. The second-order valence-corrected chi connectivity index (χ2v) is 6.53. The van der Waals surface area contributed by atoms with Crippen molar-refractivity contribution in [2.75, 3.05) is 25.0 Å². The smallest absolute Gasteiger partial charge is 0.238 e. The molecule has 0 bridgehead atoms. The second-order valence-electron chi connectivity index (χ2n) is 5.28. The number of rotatable bonds is 3. The summed E-state index contributed by atoms with van der Waals surface area (Å²) in [5, 5.41) is 3.91. The first-order valence-corrected chi connectivity index (χ1v) is 7.76. The fraction of sp³-hybridized carbons (Fsp3) is 0.500. The molecule has 0 aliphatic carbocycles. The molecule has 1 unspecified atom stereocenters. The van der Waals surface area contributed by atoms with Crippen LogP contribution in [0, 0.1) is 5.92 Å². The first kappa shape index (κ1) is 15.9. The summed E-state index contributed by atoms with van der Waals surface area (Å²) < 4.78 is 0. The molecule has 1 aliphatic heterocycles. The van der Waals surface area contributed by atoms with Crippen molar-refractivity contribution in [1.82, 2.24) is 4.90 Å². The standard InChI is InChI=1S/C14H17Cl3N2O/c1-9-3-2-4-19(7-9)8-13(20)18-14-11(16)5-10(15)6-12(14)17/h5-6,9H,2-4,7-8H2,1H3,(H,18,20). The number of carbonyl (C=O) groups is 1. The molecule has 1 saturated heterocycles. The Labute approximate surface area is 134 Å². The van der Waals surface area contributed by atoms with Crippen molar-refractivity contribution in [3.8, 4) is 0 Å². The molecule has 1 atom stereocenters. The van der Waals surface area contributed by atoms with Crippen LogP contribution in [-0.2, 0) is 4.79 Å². The Balaban J connectivity index is 1.98. The van der Waals surface area contributed by atoms with Gasteiger partial charge in [-0.3, -0.25) is 9.69 Å². The van der Waals surface area contributed by atoms with Gasteiger partial charge in [-0.25, -0.2) is 0 Å². The van der Waals surface area contributed by atoms with Gasteiger partial charge in [0.25, 0.3) is 0 Å². The lowest BCUT2D eigenvalue weighted by molar-refractivity contribution is -0.117. The van der Waals surface area contributed by atoms with E-state index in [0.717, 1.165) is 19.5 Å². The number of carbonyl (C=O) groups excluding carboxylic acids is 1. The molecule has 1 heterocycles. The molecule has 0 aromatic heterocycles. The Bertz CT molecular complexity index is 484. The Morgan fingerprint density at radius 2 is 2.00 bits per heavy atom. The molecule has 0 radical (unpaired) electrons. The number of anilines is 1. The number of likely N-dealkylation sites (tertiary alicyclic amines) is 1. The van der Waals surface area contributed by atoms with E-state index in [-0.39, 0.29) is 5.91 Å². The number of hydrogen-bond acceptors (Lipinski definition) is 2. The maximum Gasteiger partial charge on any atom is 0.238 e. The molecule has 1 aliphatic rings. The van der Waals surface area contributed by atoms with Gasteiger partial charge in [0.2, 0.25) is 5.91 Å². The normalized spacial score (nSPS) is 19.9. The van der Waals surface area contributed by atoms with E-state index in [4.69, 9.17) is 34.8 Å². The molecule has 2 rings (SSSR count). The van der Waals surface area contributed by atoms with Gasteiger partial charge < -0.3 is 5.32 Å². The lowest BCUT2D eigenvalue weighted by Gasteiger charge is -2.30. The minimum absolute atomic E-state index is 0.106. The van der Waals surface area contributed by atoms with Crippen molar-refractivity contribution in [3.05, 3.63) is 27.2 Å². The van der Waals surface area contributed by atoms with Gasteiger partial charge in [0.1, 0.15) is 0 Å². The van der Waals surface area contributed by atoms with Crippen LogP contribution >= 0.6 is 34.8 Å².